The summed E-state index contributed by atoms with van der Waals surface area (Å²) in [5, 5.41) is 19.3. The highest BCUT2D eigenvalue weighted by Crippen LogP contribution is 2.20. The summed E-state index contributed by atoms with van der Waals surface area (Å²) in [5.74, 6) is -1.98. The second-order valence-electron chi connectivity index (χ2n) is 2.98. The lowest BCUT2D eigenvalue weighted by Gasteiger charge is -2.08. The molecule has 88 valence electrons. The first-order valence-electron chi connectivity index (χ1n) is 4.23. The number of aliphatic carboxylic acids is 1. The van der Waals surface area contributed by atoms with Crippen LogP contribution in [0.1, 0.15) is 11.5 Å². The first-order chi connectivity index (χ1) is 7.06. The molecule has 0 spiro atoms. The molecule has 1 aromatic carbocycles. The maximum atomic E-state index is 10.8. The number of hydrogen-bond donors (Lipinski definition) is 2. The summed E-state index contributed by atoms with van der Waals surface area (Å²) >= 11 is 0. The minimum atomic E-state index is -1.09. The van der Waals surface area contributed by atoms with E-state index in [-0.39, 0.29) is 24.6 Å². The topological polar surface area (TPSA) is 106 Å². The van der Waals surface area contributed by atoms with Gasteiger partial charge in [-0.05, 0) is 5.56 Å². The third-order valence-corrected chi connectivity index (χ3v) is 2.02. The number of hydrogen-bond acceptors (Lipinski definition) is 4. The van der Waals surface area contributed by atoms with Gasteiger partial charge in [-0.2, -0.15) is 0 Å². The lowest BCUT2D eigenvalue weighted by atomic mass is 9.99. The normalized spacial score (nSPS) is 11.3. The van der Waals surface area contributed by atoms with Crippen molar-refractivity contribution in [2.45, 2.75) is 5.92 Å². The average molecular weight is 247 g/mol. The van der Waals surface area contributed by atoms with Gasteiger partial charge in [0, 0.05) is 18.7 Å². The van der Waals surface area contributed by atoms with Gasteiger partial charge < -0.3 is 10.8 Å². The zero-order valence-electron chi connectivity index (χ0n) is 8.20. The van der Waals surface area contributed by atoms with Crippen molar-refractivity contribution in [1.29, 1.82) is 0 Å². The monoisotopic (exact) mass is 246 g/mol. The zero-order valence-corrected chi connectivity index (χ0v) is 9.02. The van der Waals surface area contributed by atoms with Gasteiger partial charge in [0.15, 0.2) is 0 Å². The fourth-order valence-corrected chi connectivity index (χ4v) is 1.23. The second kappa shape index (κ2) is 6.04. The highest BCUT2D eigenvalue weighted by atomic mass is 35.5. The molecule has 7 heteroatoms. The number of nitro benzene ring substituents is 1. The van der Waals surface area contributed by atoms with E-state index in [4.69, 9.17) is 10.8 Å². The Kier molecular flexibility index (Phi) is 5.41. The summed E-state index contributed by atoms with van der Waals surface area (Å²) in [7, 11) is 0. The number of nitro groups is 1. The Hall–Kier alpha value is -1.66. The molecular weight excluding hydrogens is 236 g/mol. The van der Waals surface area contributed by atoms with Crippen molar-refractivity contribution < 1.29 is 14.8 Å². The minimum absolute atomic E-state index is 0. The quantitative estimate of drug-likeness (QED) is 0.612. The third kappa shape index (κ3) is 3.18. The summed E-state index contributed by atoms with van der Waals surface area (Å²) < 4.78 is 0. The molecule has 0 aliphatic carbocycles. The molecule has 1 rings (SSSR count). The van der Waals surface area contributed by atoms with E-state index in [1.165, 1.54) is 24.3 Å². The molecule has 3 N–H and O–H groups in total. The Morgan fingerprint density at radius 1 is 1.56 bits per heavy atom. The Morgan fingerprint density at radius 3 is 2.62 bits per heavy atom. The van der Waals surface area contributed by atoms with Crippen LogP contribution in [0.3, 0.4) is 0 Å². The maximum absolute atomic E-state index is 10.8. The first kappa shape index (κ1) is 14.3. The van der Waals surface area contributed by atoms with Crippen LogP contribution in [0, 0.1) is 10.1 Å². The van der Waals surface area contributed by atoms with Crippen LogP contribution in [0.15, 0.2) is 24.3 Å². The second-order valence-corrected chi connectivity index (χ2v) is 2.98. The molecule has 0 aromatic heterocycles. The van der Waals surface area contributed by atoms with Gasteiger partial charge in [-0.3, -0.25) is 14.9 Å². The van der Waals surface area contributed by atoms with Crippen molar-refractivity contribution in [2.24, 2.45) is 5.73 Å². The standard InChI is InChI=1S/C9H10N2O4.ClH/c10-5-8(9(12)13)6-2-1-3-7(4-6)11(14)15;/h1-4,8H,5,10H2,(H,12,13);1H. The fraction of sp³-hybridized carbons (Fsp3) is 0.222. The molecule has 1 aromatic rings. The predicted octanol–water partition coefficient (Wildman–Crippen LogP) is 1.14. The summed E-state index contributed by atoms with van der Waals surface area (Å²) in [6.45, 7) is -0.0868. The fourth-order valence-electron chi connectivity index (χ4n) is 1.23. The van der Waals surface area contributed by atoms with E-state index in [2.05, 4.69) is 0 Å². The number of benzene rings is 1. The summed E-state index contributed by atoms with van der Waals surface area (Å²) in [4.78, 5) is 20.7. The van der Waals surface area contributed by atoms with Gasteiger partial charge in [0.05, 0.1) is 10.8 Å². The van der Waals surface area contributed by atoms with Crippen molar-refractivity contribution >= 4 is 24.1 Å². The molecular formula is C9H11ClN2O4. The van der Waals surface area contributed by atoms with Gasteiger partial charge >= 0.3 is 5.97 Å². The molecule has 6 nitrogen and oxygen atoms in total. The Morgan fingerprint density at radius 2 is 2.19 bits per heavy atom. The highest BCUT2D eigenvalue weighted by Gasteiger charge is 2.19. The van der Waals surface area contributed by atoms with E-state index in [0.717, 1.165) is 0 Å². The van der Waals surface area contributed by atoms with Crippen LogP contribution in [0.2, 0.25) is 0 Å². The number of carboxylic acids is 1. The SMILES string of the molecule is Cl.NCC(C(=O)O)c1cccc([N+](=O)[O-])c1. The van der Waals surface area contributed by atoms with Crippen LogP contribution in [0.5, 0.6) is 0 Å². The van der Waals surface area contributed by atoms with Gasteiger partial charge in [0.25, 0.3) is 5.69 Å². The van der Waals surface area contributed by atoms with Crippen LogP contribution in [-0.2, 0) is 4.79 Å². The van der Waals surface area contributed by atoms with E-state index in [1.54, 1.807) is 0 Å². The molecule has 0 saturated carbocycles. The van der Waals surface area contributed by atoms with Crippen LogP contribution < -0.4 is 5.73 Å². The number of halogens is 1. The van der Waals surface area contributed by atoms with E-state index >= 15 is 0 Å². The van der Waals surface area contributed by atoms with E-state index in [1.807, 2.05) is 0 Å². The van der Waals surface area contributed by atoms with E-state index in [9.17, 15) is 14.9 Å². The van der Waals surface area contributed by atoms with Gasteiger partial charge in [-0.1, -0.05) is 12.1 Å². The van der Waals surface area contributed by atoms with Crippen LogP contribution in [0.4, 0.5) is 5.69 Å². The zero-order chi connectivity index (χ0) is 11.4. The van der Waals surface area contributed by atoms with Gasteiger partial charge in [0.2, 0.25) is 0 Å². The number of carboxylic acid groups (broad SMARTS) is 1. The van der Waals surface area contributed by atoms with Crippen molar-refractivity contribution in [3.8, 4) is 0 Å². The van der Waals surface area contributed by atoms with Gasteiger partial charge in [-0.25, -0.2) is 0 Å². The minimum Gasteiger partial charge on any atom is -0.481 e. The lowest BCUT2D eigenvalue weighted by molar-refractivity contribution is -0.384. The maximum Gasteiger partial charge on any atom is 0.312 e. The molecule has 1 unspecified atom stereocenters. The van der Waals surface area contributed by atoms with Crippen molar-refractivity contribution in [3.63, 3.8) is 0 Å². The number of nitrogens with zero attached hydrogens (tertiary/aromatic N) is 1. The predicted molar refractivity (Wildman–Crippen MR) is 59.8 cm³/mol. The van der Waals surface area contributed by atoms with Crippen LogP contribution >= 0.6 is 12.4 Å². The lowest BCUT2D eigenvalue weighted by Crippen LogP contribution is -2.21. The highest BCUT2D eigenvalue weighted by molar-refractivity contribution is 5.85. The molecule has 0 radical (unpaired) electrons. The van der Waals surface area contributed by atoms with E-state index < -0.39 is 16.8 Å². The van der Waals surface area contributed by atoms with Gasteiger partial charge in [0.1, 0.15) is 0 Å². The summed E-state index contributed by atoms with van der Waals surface area (Å²) in [5.41, 5.74) is 5.50. The molecule has 0 amide bonds. The molecule has 1 atom stereocenters. The largest absolute Gasteiger partial charge is 0.481 e. The average Bonchev–Trinajstić information content (AvgIpc) is 2.18. The Balaban J connectivity index is 0.00000225. The molecule has 0 aliphatic rings. The number of carbonyl (C=O) groups is 1. The smallest absolute Gasteiger partial charge is 0.312 e. The first-order valence-corrected chi connectivity index (χ1v) is 4.23. The van der Waals surface area contributed by atoms with Crippen LogP contribution in [-0.4, -0.2) is 22.5 Å². The Bertz CT molecular complexity index is 397. The molecule has 0 heterocycles. The molecule has 0 fully saturated rings. The van der Waals surface area contributed by atoms with Crippen LogP contribution in [0.25, 0.3) is 0 Å². The van der Waals surface area contributed by atoms with Crippen molar-refractivity contribution in [1.82, 2.24) is 0 Å². The molecule has 16 heavy (non-hydrogen) atoms. The summed E-state index contributed by atoms with van der Waals surface area (Å²) in [6.07, 6.45) is 0. The summed E-state index contributed by atoms with van der Waals surface area (Å²) in [6, 6.07) is 5.49. The third-order valence-electron chi connectivity index (χ3n) is 2.02. The van der Waals surface area contributed by atoms with Gasteiger partial charge in [-0.15, -0.1) is 12.4 Å². The number of non-ortho nitro benzene ring substituents is 1. The number of nitrogens with two attached hydrogens (primary N) is 1. The van der Waals surface area contributed by atoms with Crippen molar-refractivity contribution in [3.05, 3.63) is 39.9 Å². The molecule has 0 aliphatic heterocycles. The van der Waals surface area contributed by atoms with Crippen molar-refractivity contribution in [2.75, 3.05) is 6.54 Å². The Labute approximate surface area is 97.6 Å². The molecule has 0 bridgehead atoms. The molecule has 0 saturated heterocycles. The van der Waals surface area contributed by atoms with E-state index in [0.29, 0.717) is 5.56 Å². The number of rotatable bonds is 4.